The third-order valence-electron chi connectivity index (χ3n) is 2.64. The van der Waals surface area contributed by atoms with Crippen LogP contribution in [0, 0.1) is 17.8 Å². The normalized spacial score (nSPS) is 39.5. The van der Waals surface area contributed by atoms with E-state index in [-0.39, 0.29) is 11.8 Å². The largest absolute Gasteiger partial charge is 0.333 e. The number of amides is 1. The molecule has 11 heavy (non-hydrogen) atoms. The Balaban J connectivity index is 1.90. The molecule has 0 aromatic heterocycles. The van der Waals surface area contributed by atoms with E-state index in [4.69, 9.17) is 0 Å². The molecule has 2 aliphatic rings. The quantitative estimate of drug-likeness (QED) is 0.571. The Morgan fingerprint density at radius 1 is 1.55 bits per heavy atom. The third-order valence-corrected chi connectivity index (χ3v) is 2.64. The van der Waals surface area contributed by atoms with E-state index >= 15 is 0 Å². The molecule has 2 atom stereocenters. The van der Waals surface area contributed by atoms with Crippen molar-refractivity contribution in [2.45, 2.75) is 0 Å². The fraction of sp³-hybridized carbons (Fsp3) is 0.625. The Morgan fingerprint density at radius 3 is 2.73 bits per heavy atom. The van der Waals surface area contributed by atoms with Gasteiger partial charge in [0.15, 0.2) is 0 Å². The summed E-state index contributed by atoms with van der Waals surface area (Å²) in [5, 5.41) is 5.88. The molecule has 3 nitrogen and oxygen atoms in total. The van der Waals surface area contributed by atoms with Crippen LogP contribution in [0.15, 0.2) is 12.8 Å². The van der Waals surface area contributed by atoms with E-state index in [1.165, 1.54) is 6.20 Å². The summed E-state index contributed by atoms with van der Waals surface area (Å²) in [5.74, 6) is 1.63. The molecule has 1 aliphatic heterocycles. The summed E-state index contributed by atoms with van der Waals surface area (Å²) in [6.07, 6.45) is 1.46. The van der Waals surface area contributed by atoms with Crippen molar-refractivity contribution in [2.75, 3.05) is 13.1 Å². The predicted molar refractivity (Wildman–Crippen MR) is 41.7 cm³/mol. The van der Waals surface area contributed by atoms with Gasteiger partial charge in [-0.05, 0) is 31.1 Å². The molecule has 0 radical (unpaired) electrons. The Kier molecular flexibility index (Phi) is 1.46. The van der Waals surface area contributed by atoms with Gasteiger partial charge in [0.1, 0.15) is 0 Å². The zero-order chi connectivity index (χ0) is 7.84. The molecule has 1 amide bonds. The van der Waals surface area contributed by atoms with E-state index in [2.05, 4.69) is 17.2 Å². The van der Waals surface area contributed by atoms with Gasteiger partial charge in [0.25, 0.3) is 0 Å². The highest BCUT2D eigenvalue weighted by molar-refractivity contribution is 5.83. The first-order chi connectivity index (χ1) is 5.34. The number of piperidine rings is 1. The number of nitrogens with one attached hydrogen (secondary N) is 2. The lowest BCUT2D eigenvalue weighted by atomic mass is 10.2. The summed E-state index contributed by atoms with van der Waals surface area (Å²) in [7, 11) is 0. The van der Waals surface area contributed by atoms with Crippen LogP contribution < -0.4 is 10.6 Å². The topological polar surface area (TPSA) is 41.1 Å². The summed E-state index contributed by atoms with van der Waals surface area (Å²) in [4.78, 5) is 11.2. The number of carbonyl (C=O) groups excluding carboxylic acids is 1. The van der Waals surface area contributed by atoms with Crippen molar-refractivity contribution in [3.05, 3.63) is 12.8 Å². The van der Waals surface area contributed by atoms with Gasteiger partial charge >= 0.3 is 0 Å². The number of carbonyl (C=O) groups is 1. The molecule has 0 spiro atoms. The van der Waals surface area contributed by atoms with E-state index in [0.717, 1.165) is 13.1 Å². The van der Waals surface area contributed by atoms with Crippen LogP contribution in [0.1, 0.15) is 0 Å². The highest BCUT2D eigenvalue weighted by atomic mass is 16.2. The maximum atomic E-state index is 11.2. The van der Waals surface area contributed by atoms with E-state index in [0.29, 0.717) is 11.8 Å². The van der Waals surface area contributed by atoms with Crippen molar-refractivity contribution in [1.82, 2.24) is 10.6 Å². The molecule has 2 fully saturated rings. The average Bonchev–Trinajstić information content (AvgIpc) is 2.47. The molecule has 2 unspecified atom stereocenters. The highest BCUT2D eigenvalue weighted by Crippen LogP contribution is 2.48. The van der Waals surface area contributed by atoms with Crippen LogP contribution in [-0.2, 0) is 4.79 Å². The molecule has 2 N–H and O–H groups in total. The summed E-state index contributed by atoms with van der Waals surface area (Å²) in [6, 6.07) is 0. The lowest BCUT2D eigenvalue weighted by Gasteiger charge is -2.01. The Labute approximate surface area is 65.9 Å². The number of hydrogen-bond acceptors (Lipinski definition) is 2. The number of hydrogen-bond donors (Lipinski definition) is 2. The second kappa shape index (κ2) is 2.34. The van der Waals surface area contributed by atoms with Crippen molar-refractivity contribution in [3.8, 4) is 0 Å². The number of fused-ring (bicyclic) bond motifs is 1. The summed E-state index contributed by atoms with van der Waals surface area (Å²) in [6.45, 7) is 5.48. The average molecular weight is 152 g/mol. The van der Waals surface area contributed by atoms with Crippen molar-refractivity contribution >= 4 is 5.91 Å². The molecule has 2 rings (SSSR count). The van der Waals surface area contributed by atoms with Crippen LogP contribution in [0.2, 0.25) is 0 Å². The lowest BCUT2D eigenvalue weighted by molar-refractivity contribution is -0.122. The third kappa shape index (κ3) is 0.959. The van der Waals surface area contributed by atoms with Gasteiger partial charge < -0.3 is 10.6 Å². The van der Waals surface area contributed by atoms with Crippen LogP contribution in [0.5, 0.6) is 0 Å². The number of rotatable bonds is 2. The molecule has 1 heterocycles. The lowest BCUT2D eigenvalue weighted by Crippen LogP contribution is -2.25. The molecule has 0 aromatic carbocycles. The van der Waals surface area contributed by atoms with E-state index in [1.54, 1.807) is 0 Å². The van der Waals surface area contributed by atoms with E-state index in [1.807, 2.05) is 0 Å². The molecule has 1 saturated heterocycles. The van der Waals surface area contributed by atoms with Gasteiger partial charge in [-0.15, -0.1) is 0 Å². The van der Waals surface area contributed by atoms with Gasteiger partial charge in [-0.25, -0.2) is 0 Å². The second-order valence-corrected chi connectivity index (χ2v) is 3.22. The Bertz CT molecular complexity index is 192. The molecule has 0 aromatic rings. The fourth-order valence-corrected chi connectivity index (χ4v) is 2.00. The first kappa shape index (κ1) is 6.85. The fourth-order valence-electron chi connectivity index (χ4n) is 2.00. The minimum absolute atomic E-state index is 0.150. The second-order valence-electron chi connectivity index (χ2n) is 3.22. The highest BCUT2D eigenvalue weighted by Gasteiger charge is 2.56. The van der Waals surface area contributed by atoms with Gasteiger partial charge in [0.05, 0.1) is 0 Å². The molecule has 3 heteroatoms. The van der Waals surface area contributed by atoms with Crippen molar-refractivity contribution in [1.29, 1.82) is 0 Å². The zero-order valence-electron chi connectivity index (χ0n) is 6.34. The van der Waals surface area contributed by atoms with Crippen LogP contribution in [-0.4, -0.2) is 19.0 Å². The Morgan fingerprint density at radius 2 is 2.18 bits per heavy atom. The molecular weight excluding hydrogens is 140 g/mol. The maximum absolute atomic E-state index is 11.2. The molecule has 1 saturated carbocycles. The van der Waals surface area contributed by atoms with E-state index < -0.39 is 0 Å². The smallest absolute Gasteiger partial charge is 0.227 e. The molecule has 1 aliphatic carbocycles. The van der Waals surface area contributed by atoms with Crippen molar-refractivity contribution < 1.29 is 4.79 Å². The maximum Gasteiger partial charge on any atom is 0.227 e. The summed E-state index contributed by atoms with van der Waals surface area (Å²) < 4.78 is 0. The van der Waals surface area contributed by atoms with Crippen molar-refractivity contribution in [2.24, 2.45) is 17.8 Å². The van der Waals surface area contributed by atoms with E-state index in [9.17, 15) is 4.79 Å². The zero-order valence-corrected chi connectivity index (χ0v) is 6.34. The standard InChI is InChI=1S/C8H12N2O/c1-2-10-8(11)7-5-3-9-4-6(5)7/h2,5-7,9H,1,3-4H2,(H,10,11). The molecule has 0 bridgehead atoms. The van der Waals surface area contributed by atoms with Crippen LogP contribution in [0.4, 0.5) is 0 Å². The van der Waals surface area contributed by atoms with Crippen molar-refractivity contribution in [3.63, 3.8) is 0 Å². The van der Waals surface area contributed by atoms with Crippen LogP contribution in [0.25, 0.3) is 0 Å². The molecule has 60 valence electrons. The van der Waals surface area contributed by atoms with Crippen LogP contribution >= 0.6 is 0 Å². The Hall–Kier alpha value is -0.830. The van der Waals surface area contributed by atoms with Crippen LogP contribution in [0.3, 0.4) is 0 Å². The van der Waals surface area contributed by atoms with Gasteiger partial charge in [-0.2, -0.15) is 0 Å². The first-order valence-electron chi connectivity index (χ1n) is 3.96. The molecular formula is C8H12N2O. The van der Waals surface area contributed by atoms with Gasteiger partial charge in [0.2, 0.25) is 5.91 Å². The predicted octanol–water partition coefficient (Wildman–Crippen LogP) is -0.289. The summed E-state index contributed by atoms with van der Waals surface area (Å²) in [5.41, 5.74) is 0. The minimum atomic E-state index is 0.150. The first-order valence-corrected chi connectivity index (χ1v) is 3.96. The van der Waals surface area contributed by atoms with Gasteiger partial charge in [0, 0.05) is 5.92 Å². The van der Waals surface area contributed by atoms with Gasteiger partial charge in [-0.3, -0.25) is 4.79 Å². The minimum Gasteiger partial charge on any atom is -0.333 e. The SMILES string of the molecule is C=CNC(=O)C1C2CNCC21. The summed E-state index contributed by atoms with van der Waals surface area (Å²) >= 11 is 0. The monoisotopic (exact) mass is 152 g/mol. The van der Waals surface area contributed by atoms with Gasteiger partial charge in [-0.1, -0.05) is 6.58 Å².